The molecular weight excluding hydrogens is 318 g/mol. The van der Waals surface area contributed by atoms with Crippen molar-refractivity contribution in [2.24, 2.45) is 0 Å². The van der Waals surface area contributed by atoms with Gasteiger partial charge in [-0.3, -0.25) is 0 Å². The van der Waals surface area contributed by atoms with Crippen molar-refractivity contribution in [3.8, 4) is 5.75 Å². The van der Waals surface area contributed by atoms with Crippen LogP contribution in [0.3, 0.4) is 0 Å². The molecule has 1 saturated heterocycles. The molecule has 0 atom stereocenters. The number of hydrogen-bond acceptors (Lipinski definition) is 3. The summed E-state index contributed by atoms with van der Waals surface area (Å²) in [6.07, 6.45) is 3.38. The van der Waals surface area contributed by atoms with Crippen molar-refractivity contribution >= 4 is 15.9 Å². The summed E-state index contributed by atoms with van der Waals surface area (Å²) in [7, 11) is 0. The van der Waals surface area contributed by atoms with Crippen molar-refractivity contribution < 1.29 is 9.84 Å². The Hall–Kier alpha value is -0.580. The van der Waals surface area contributed by atoms with Gasteiger partial charge in [0.25, 0.3) is 0 Å². The standard InChI is InChI=1S/C16H22BrNO2/c1-2-18-6-4-16(19,5-7-18)11-13-10-14(17)9-12-3-8-20-15(12)13/h9-10,19H,2-8,11H2,1H3. The van der Waals surface area contributed by atoms with Crippen LogP contribution in [-0.4, -0.2) is 41.8 Å². The van der Waals surface area contributed by atoms with E-state index in [9.17, 15) is 5.11 Å². The largest absolute Gasteiger partial charge is 0.493 e. The Morgan fingerprint density at radius 1 is 1.35 bits per heavy atom. The minimum atomic E-state index is -0.577. The van der Waals surface area contributed by atoms with Crippen molar-refractivity contribution in [3.63, 3.8) is 0 Å². The number of ether oxygens (including phenoxy) is 1. The van der Waals surface area contributed by atoms with Gasteiger partial charge in [-0.25, -0.2) is 0 Å². The van der Waals surface area contributed by atoms with Gasteiger partial charge in [0.2, 0.25) is 0 Å². The van der Waals surface area contributed by atoms with Crippen molar-refractivity contribution in [3.05, 3.63) is 27.7 Å². The highest BCUT2D eigenvalue weighted by molar-refractivity contribution is 9.10. The topological polar surface area (TPSA) is 32.7 Å². The summed E-state index contributed by atoms with van der Waals surface area (Å²) >= 11 is 3.57. The van der Waals surface area contributed by atoms with Gasteiger partial charge in [-0.1, -0.05) is 22.9 Å². The number of piperidine rings is 1. The lowest BCUT2D eigenvalue weighted by Gasteiger charge is -2.38. The number of nitrogens with zero attached hydrogens (tertiary/aromatic N) is 1. The molecule has 1 aromatic carbocycles. The van der Waals surface area contributed by atoms with Crippen molar-refractivity contribution in [2.75, 3.05) is 26.2 Å². The number of aliphatic hydroxyl groups is 1. The first-order chi connectivity index (χ1) is 9.59. The fraction of sp³-hybridized carbons (Fsp3) is 0.625. The van der Waals surface area contributed by atoms with Crippen LogP contribution in [-0.2, 0) is 12.8 Å². The Kier molecular flexibility index (Phi) is 4.07. The lowest BCUT2D eigenvalue weighted by molar-refractivity contribution is -0.0197. The zero-order chi connectivity index (χ0) is 14.2. The molecular formula is C16H22BrNO2. The zero-order valence-electron chi connectivity index (χ0n) is 12.0. The quantitative estimate of drug-likeness (QED) is 0.919. The third-order valence-electron chi connectivity index (χ3n) is 4.58. The van der Waals surface area contributed by atoms with Crippen LogP contribution in [0, 0.1) is 0 Å². The maximum absolute atomic E-state index is 10.9. The molecule has 0 unspecified atom stereocenters. The predicted molar refractivity (Wildman–Crippen MR) is 83.3 cm³/mol. The first-order valence-electron chi connectivity index (χ1n) is 7.48. The van der Waals surface area contributed by atoms with Crippen LogP contribution >= 0.6 is 15.9 Å². The molecule has 2 aliphatic rings. The molecule has 110 valence electrons. The molecule has 3 rings (SSSR count). The molecule has 1 aromatic rings. The second-order valence-electron chi connectivity index (χ2n) is 5.99. The second-order valence-corrected chi connectivity index (χ2v) is 6.90. The molecule has 0 bridgehead atoms. The van der Waals surface area contributed by atoms with Gasteiger partial charge in [0.15, 0.2) is 0 Å². The van der Waals surface area contributed by atoms with Crippen LogP contribution < -0.4 is 4.74 Å². The van der Waals surface area contributed by atoms with E-state index < -0.39 is 5.60 Å². The van der Waals surface area contributed by atoms with Crippen molar-refractivity contribution in [2.45, 2.75) is 38.2 Å². The Morgan fingerprint density at radius 3 is 2.80 bits per heavy atom. The number of hydrogen-bond donors (Lipinski definition) is 1. The Balaban J connectivity index is 1.78. The zero-order valence-corrected chi connectivity index (χ0v) is 13.6. The molecule has 3 nitrogen and oxygen atoms in total. The molecule has 1 N–H and O–H groups in total. The van der Waals surface area contributed by atoms with E-state index in [1.807, 2.05) is 0 Å². The number of halogens is 1. The summed E-state index contributed by atoms with van der Waals surface area (Å²) in [5, 5.41) is 10.9. The van der Waals surface area contributed by atoms with E-state index >= 15 is 0 Å². The highest BCUT2D eigenvalue weighted by atomic mass is 79.9. The smallest absolute Gasteiger partial charge is 0.125 e. The number of likely N-dealkylation sites (tertiary alicyclic amines) is 1. The molecule has 2 aliphatic heterocycles. The summed E-state index contributed by atoms with van der Waals surface area (Å²) in [6, 6.07) is 4.24. The van der Waals surface area contributed by atoms with Crippen LogP contribution in [0.5, 0.6) is 5.75 Å². The molecule has 4 heteroatoms. The Morgan fingerprint density at radius 2 is 2.10 bits per heavy atom. The van der Waals surface area contributed by atoms with Crippen LogP contribution in [0.4, 0.5) is 0 Å². The van der Waals surface area contributed by atoms with Crippen molar-refractivity contribution in [1.82, 2.24) is 4.90 Å². The SMILES string of the molecule is CCN1CCC(O)(Cc2cc(Br)cc3c2OCC3)CC1. The summed E-state index contributed by atoms with van der Waals surface area (Å²) in [6.45, 7) is 6.00. The van der Waals surface area contributed by atoms with Crippen molar-refractivity contribution in [1.29, 1.82) is 0 Å². The Labute approximate surface area is 129 Å². The lowest BCUT2D eigenvalue weighted by Crippen LogP contribution is -2.45. The van der Waals surface area contributed by atoms with Crippen LogP contribution in [0.15, 0.2) is 16.6 Å². The fourth-order valence-corrected chi connectivity index (χ4v) is 3.85. The molecule has 2 heterocycles. The summed E-state index contributed by atoms with van der Waals surface area (Å²) in [5.41, 5.74) is 1.84. The highest BCUT2D eigenvalue weighted by Crippen LogP contribution is 2.37. The third-order valence-corrected chi connectivity index (χ3v) is 5.04. The van der Waals surface area contributed by atoms with Gasteiger partial charge in [0.1, 0.15) is 5.75 Å². The summed E-state index contributed by atoms with van der Waals surface area (Å²) in [5.74, 6) is 1.01. The highest BCUT2D eigenvalue weighted by Gasteiger charge is 2.33. The maximum Gasteiger partial charge on any atom is 0.125 e. The molecule has 0 saturated carbocycles. The molecule has 0 amide bonds. The molecule has 0 spiro atoms. The van der Waals surface area contributed by atoms with E-state index in [1.165, 1.54) is 5.56 Å². The van der Waals surface area contributed by atoms with Crippen LogP contribution in [0.1, 0.15) is 30.9 Å². The van der Waals surface area contributed by atoms with Gasteiger partial charge >= 0.3 is 0 Å². The monoisotopic (exact) mass is 339 g/mol. The Bertz CT molecular complexity index is 495. The van der Waals surface area contributed by atoms with E-state index in [0.29, 0.717) is 6.42 Å². The predicted octanol–water partition coefficient (Wildman–Crippen LogP) is 2.77. The van der Waals surface area contributed by atoms with E-state index in [2.05, 4.69) is 39.9 Å². The number of fused-ring (bicyclic) bond motifs is 1. The third kappa shape index (κ3) is 2.87. The summed E-state index contributed by atoms with van der Waals surface area (Å²) < 4.78 is 6.86. The van der Waals surface area contributed by atoms with Gasteiger partial charge in [-0.05, 0) is 42.6 Å². The normalized spacial score (nSPS) is 21.6. The minimum absolute atomic E-state index is 0.577. The van der Waals surface area contributed by atoms with Crippen LogP contribution in [0.2, 0.25) is 0 Å². The van der Waals surface area contributed by atoms with E-state index in [0.717, 1.165) is 61.3 Å². The molecule has 0 aliphatic carbocycles. The first-order valence-corrected chi connectivity index (χ1v) is 8.28. The van der Waals surface area contributed by atoms with Gasteiger partial charge in [-0.2, -0.15) is 0 Å². The average molecular weight is 340 g/mol. The van der Waals surface area contributed by atoms with Crippen LogP contribution in [0.25, 0.3) is 0 Å². The van der Waals surface area contributed by atoms with E-state index in [1.54, 1.807) is 0 Å². The van der Waals surface area contributed by atoms with Gasteiger partial charge in [0, 0.05) is 30.4 Å². The molecule has 0 radical (unpaired) electrons. The molecule has 0 aromatic heterocycles. The lowest BCUT2D eigenvalue weighted by atomic mass is 9.84. The molecule has 20 heavy (non-hydrogen) atoms. The number of benzene rings is 1. The fourth-order valence-electron chi connectivity index (χ4n) is 3.29. The second kappa shape index (κ2) is 5.66. The van der Waals surface area contributed by atoms with E-state index in [-0.39, 0.29) is 0 Å². The average Bonchev–Trinajstić information content (AvgIpc) is 2.87. The molecule has 1 fully saturated rings. The minimum Gasteiger partial charge on any atom is -0.493 e. The van der Waals surface area contributed by atoms with Gasteiger partial charge in [-0.15, -0.1) is 0 Å². The summed E-state index contributed by atoms with van der Waals surface area (Å²) in [4.78, 5) is 2.40. The van der Waals surface area contributed by atoms with E-state index in [4.69, 9.17) is 4.74 Å². The van der Waals surface area contributed by atoms with Gasteiger partial charge < -0.3 is 14.7 Å². The maximum atomic E-state index is 10.9. The first kappa shape index (κ1) is 14.4. The number of rotatable bonds is 3. The van der Waals surface area contributed by atoms with Gasteiger partial charge in [0.05, 0.1) is 12.2 Å².